The Morgan fingerprint density at radius 1 is 0.767 bits per heavy atom. The molecule has 0 N–H and O–H groups in total. The quantitative estimate of drug-likeness (QED) is 0.462. The zero-order valence-corrected chi connectivity index (χ0v) is 20.5. The second kappa shape index (κ2) is 6.84. The summed E-state index contributed by atoms with van der Waals surface area (Å²) in [5, 5.41) is -0.0677. The van der Waals surface area contributed by atoms with E-state index in [9.17, 15) is 0 Å². The number of fused-ring (bicyclic) bond motifs is 2. The lowest BCUT2D eigenvalue weighted by molar-refractivity contribution is -0.180. The Morgan fingerprint density at radius 2 is 1.30 bits per heavy atom. The highest BCUT2D eigenvalue weighted by molar-refractivity contribution is 6.74. The third-order valence-electron chi connectivity index (χ3n) is 6.04. The van der Waals surface area contributed by atoms with E-state index in [1.807, 2.05) is 19.9 Å². The standard InChI is InChI=1S/C25H34O4Si/c1-23(2,3)30(24(4,5)6)27-16-20-14-18(10-12-22(20)29-30)17-9-11-21-19(13-17)15-26-25(7,8)28-21/h9-14H,15-16H2,1-8H3. The minimum atomic E-state index is -2.50. The largest absolute Gasteiger partial charge is 0.519 e. The van der Waals surface area contributed by atoms with Crippen LogP contribution in [0.15, 0.2) is 36.4 Å². The predicted octanol–water partition coefficient (Wildman–Crippen LogP) is 6.95. The molecule has 2 aliphatic heterocycles. The van der Waals surface area contributed by atoms with Crippen LogP contribution in [0.25, 0.3) is 11.1 Å². The van der Waals surface area contributed by atoms with Crippen molar-refractivity contribution in [3.8, 4) is 22.6 Å². The molecular weight excluding hydrogens is 392 g/mol. The van der Waals surface area contributed by atoms with Crippen LogP contribution in [-0.4, -0.2) is 14.3 Å². The van der Waals surface area contributed by atoms with Crippen LogP contribution < -0.4 is 9.16 Å². The lowest BCUT2D eigenvalue weighted by Gasteiger charge is -2.50. The van der Waals surface area contributed by atoms with E-state index >= 15 is 0 Å². The average molecular weight is 427 g/mol. The van der Waals surface area contributed by atoms with E-state index in [-0.39, 0.29) is 10.1 Å². The van der Waals surface area contributed by atoms with Crippen LogP contribution in [0, 0.1) is 0 Å². The zero-order valence-electron chi connectivity index (χ0n) is 19.5. The number of rotatable bonds is 1. The van der Waals surface area contributed by atoms with Gasteiger partial charge in [-0.2, -0.15) is 0 Å². The molecule has 162 valence electrons. The SMILES string of the molecule is CC1(C)OCc2cc(-c3ccc4c(c3)CO[Si](C(C)(C)C)(C(C)(C)C)O4)ccc2O1. The van der Waals surface area contributed by atoms with Crippen LogP contribution in [0.4, 0.5) is 0 Å². The van der Waals surface area contributed by atoms with Gasteiger partial charge in [-0.15, -0.1) is 0 Å². The summed E-state index contributed by atoms with van der Waals surface area (Å²) < 4.78 is 25.1. The summed E-state index contributed by atoms with van der Waals surface area (Å²) in [6.07, 6.45) is 0. The fourth-order valence-corrected chi connectivity index (χ4v) is 9.37. The van der Waals surface area contributed by atoms with E-state index in [1.165, 1.54) is 0 Å². The summed E-state index contributed by atoms with van der Waals surface area (Å²) in [5.41, 5.74) is 4.47. The van der Waals surface area contributed by atoms with Gasteiger partial charge >= 0.3 is 8.56 Å². The fourth-order valence-electron chi connectivity index (χ4n) is 4.72. The molecule has 0 fully saturated rings. The van der Waals surface area contributed by atoms with Crippen molar-refractivity contribution in [2.24, 2.45) is 0 Å². The second-order valence-electron chi connectivity index (χ2n) is 10.9. The van der Waals surface area contributed by atoms with E-state index in [1.54, 1.807) is 0 Å². The Labute approximate surface area is 181 Å². The van der Waals surface area contributed by atoms with Crippen LogP contribution >= 0.6 is 0 Å². The number of ether oxygens (including phenoxy) is 2. The van der Waals surface area contributed by atoms with Crippen molar-refractivity contribution in [1.29, 1.82) is 0 Å². The maximum Gasteiger partial charge on any atom is 0.410 e. The van der Waals surface area contributed by atoms with Gasteiger partial charge in [-0.1, -0.05) is 53.7 Å². The highest BCUT2D eigenvalue weighted by Crippen LogP contribution is 2.54. The van der Waals surface area contributed by atoms with E-state index in [0.717, 1.165) is 33.8 Å². The van der Waals surface area contributed by atoms with Crippen molar-refractivity contribution in [2.75, 3.05) is 0 Å². The monoisotopic (exact) mass is 426 g/mol. The molecule has 2 aliphatic rings. The van der Waals surface area contributed by atoms with Crippen molar-refractivity contribution >= 4 is 8.56 Å². The molecule has 0 spiro atoms. The lowest BCUT2D eigenvalue weighted by atomic mass is 10.00. The maximum absolute atomic E-state index is 6.73. The maximum atomic E-state index is 6.73. The van der Waals surface area contributed by atoms with Gasteiger partial charge in [-0.05, 0) is 35.4 Å². The predicted molar refractivity (Wildman–Crippen MR) is 122 cm³/mol. The third-order valence-corrected chi connectivity index (χ3v) is 11.1. The molecule has 0 unspecified atom stereocenters. The van der Waals surface area contributed by atoms with Gasteiger partial charge in [0.15, 0.2) is 0 Å². The van der Waals surface area contributed by atoms with Gasteiger partial charge in [0.1, 0.15) is 11.5 Å². The highest BCUT2D eigenvalue weighted by Gasteiger charge is 2.61. The van der Waals surface area contributed by atoms with Crippen molar-refractivity contribution in [2.45, 2.75) is 84.5 Å². The van der Waals surface area contributed by atoms with Crippen LogP contribution in [0.3, 0.4) is 0 Å². The van der Waals surface area contributed by atoms with Crippen molar-refractivity contribution in [1.82, 2.24) is 0 Å². The normalized spacial score (nSPS) is 19.9. The van der Waals surface area contributed by atoms with Crippen LogP contribution in [0.5, 0.6) is 11.5 Å². The molecule has 2 heterocycles. The smallest absolute Gasteiger partial charge is 0.410 e. The topological polar surface area (TPSA) is 36.9 Å². The fraction of sp³-hybridized carbons (Fsp3) is 0.520. The van der Waals surface area contributed by atoms with E-state index in [0.29, 0.717) is 13.2 Å². The van der Waals surface area contributed by atoms with Gasteiger partial charge in [0.2, 0.25) is 5.79 Å². The van der Waals surface area contributed by atoms with Crippen molar-refractivity contribution < 1.29 is 18.3 Å². The molecule has 2 aromatic rings. The average Bonchev–Trinajstić information content (AvgIpc) is 2.64. The molecule has 0 saturated carbocycles. The summed E-state index contributed by atoms with van der Waals surface area (Å²) in [6, 6.07) is 12.7. The summed E-state index contributed by atoms with van der Waals surface area (Å²) in [7, 11) is -2.50. The van der Waals surface area contributed by atoms with E-state index in [2.05, 4.69) is 71.9 Å². The second-order valence-corrected chi connectivity index (χ2v) is 15.7. The molecule has 0 amide bonds. The number of hydrogen-bond donors (Lipinski definition) is 0. The highest BCUT2D eigenvalue weighted by atomic mass is 28.4. The lowest BCUT2D eigenvalue weighted by Crippen LogP contribution is -2.61. The van der Waals surface area contributed by atoms with Gasteiger partial charge in [0.05, 0.1) is 13.2 Å². The Hall–Kier alpha value is -1.82. The van der Waals surface area contributed by atoms with Crippen molar-refractivity contribution in [3.05, 3.63) is 47.5 Å². The summed E-state index contributed by atoms with van der Waals surface area (Å²) >= 11 is 0. The molecule has 5 heteroatoms. The van der Waals surface area contributed by atoms with Crippen molar-refractivity contribution in [3.63, 3.8) is 0 Å². The van der Waals surface area contributed by atoms with Gasteiger partial charge in [-0.25, -0.2) is 0 Å². The summed E-state index contributed by atoms with van der Waals surface area (Å²) in [5.74, 6) is 1.28. The Bertz CT molecular complexity index is 952. The minimum absolute atomic E-state index is 0.0338. The number of benzene rings is 2. The van der Waals surface area contributed by atoms with Crippen LogP contribution in [0.1, 0.15) is 66.5 Å². The van der Waals surface area contributed by atoms with Gasteiger partial charge in [0, 0.05) is 35.1 Å². The zero-order chi connectivity index (χ0) is 21.9. The molecule has 0 aliphatic carbocycles. The molecular formula is C25H34O4Si. The first-order valence-electron chi connectivity index (χ1n) is 10.7. The Morgan fingerprint density at radius 3 is 1.87 bits per heavy atom. The first-order chi connectivity index (χ1) is 13.8. The minimum Gasteiger partial charge on any atom is -0.519 e. The third kappa shape index (κ3) is 3.57. The Kier molecular flexibility index (Phi) is 4.88. The van der Waals surface area contributed by atoms with E-state index in [4.69, 9.17) is 18.3 Å². The molecule has 0 atom stereocenters. The van der Waals surface area contributed by atoms with Crippen LogP contribution in [0.2, 0.25) is 10.1 Å². The van der Waals surface area contributed by atoms with Crippen LogP contribution in [-0.2, 0) is 22.4 Å². The van der Waals surface area contributed by atoms with Gasteiger partial charge in [-0.3, -0.25) is 0 Å². The molecule has 0 radical (unpaired) electrons. The molecule has 4 nitrogen and oxygen atoms in total. The summed E-state index contributed by atoms with van der Waals surface area (Å²) in [4.78, 5) is 0. The molecule has 4 rings (SSSR count). The molecule has 0 bridgehead atoms. The number of hydrogen-bond acceptors (Lipinski definition) is 4. The van der Waals surface area contributed by atoms with E-state index < -0.39 is 14.3 Å². The summed E-state index contributed by atoms with van der Waals surface area (Å²) in [6.45, 7) is 18.5. The Balaban J connectivity index is 1.66. The molecule has 30 heavy (non-hydrogen) atoms. The molecule has 0 saturated heterocycles. The first kappa shape index (κ1) is 21.4. The van der Waals surface area contributed by atoms with Gasteiger partial charge in [0.25, 0.3) is 0 Å². The van der Waals surface area contributed by atoms with Gasteiger partial charge < -0.3 is 18.3 Å². The molecule has 0 aromatic heterocycles. The first-order valence-corrected chi connectivity index (χ1v) is 12.6. The molecule has 2 aromatic carbocycles.